The summed E-state index contributed by atoms with van der Waals surface area (Å²) in [6.07, 6.45) is 4.69. The average molecular weight is 412 g/mol. The molecule has 1 aromatic heterocycles. The fourth-order valence-corrected chi connectivity index (χ4v) is 4.20. The topological polar surface area (TPSA) is 63.1 Å². The molecule has 1 amide bonds. The lowest BCUT2D eigenvalue weighted by atomic mass is 10.3. The third-order valence-electron chi connectivity index (χ3n) is 4.48. The summed E-state index contributed by atoms with van der Waals surface area (Å²) in [5.41, 5.74) is 0.520. The lowest BCUT2D eigenvalue weighted by molar-refractivity contribution is -0.113. The standard InChI is InChI=1S/C17H19Cl2N5OS/c18-11-3-6-13(19)14(9-11)20-15(25)10-26-17-22-21-16(23-7-1-2-8-23)24(17)12-4-5-12/h3,6,9,12H,1-2,4-5,7-8,10H2,(H,20,25). The van der Waals surface area contributed by atoms with E-state index in [-0.39, 0.29) is 11.7 Å². The molecule has 6 nitrogen and oxygen atoms in total. The van der Waals surface area contributed by atoms with Crippen molar-refractivity contribution in [1.29, 1.82) is 0 Å². The van der Waals surface area contributed by atoms with Crippen LogP contribution in [0.3, 0.4) is 0 Å². The second-order valence-corrected chi connectivity index (χ2v) is 8.33. The molecule has 2 aromatic rings. The van der Waals surface area contributed by atoms with Gasteiger partial charge in [0.25, 0.3) is 0 Å². The highest BCUT2D eigenvalue weighted by atomic mass is 35.5. The smallest absolute Gasteiger partial charge is 0.234 e. The van der Waals surface area contributed by atoms with E-state index in [0.29, 0.717) is 21.8 Å². The van der Waals surface area contributed by atoms with Gasteiger partial charge in [-0.25, -0.2) is 0 Å². The van der Waals surface area contributed by atoms with Crippen LogP contribution in [0.25, 0.3) is 0 Å². The maximum atomic E-state index is 12.3. The first-order valence-corrected chi connectivity index (χ1v) is 10.4. The molecule has 2 fully saturated rings. The largest absolute Gasteiger partial charge is 0.341 e. The van der Waals surface area contributed by atoms with Gasteiger partial charge >= 0.3 is 0 Å². The minimum atomic E-state index is -0.146. The molecule has 0 spiro atoms. The Morgan fingerprint density at radius 3 is 2.73 bits per heavy atom. The van der Waals surface area contributed by atoms with Gasteiger partial charge in [0.1, 0.15) is 0 Å². The number of rotatable bonds is 6. The number of anilines is 2. The monoisotopic (exact) mass is 411 g/mol. The van der Waals surface area contributed by atoms with Crippen molar-refractivity contribution < 1.29 is 4.79 Å². The van der Waals surface area contributed by atoms with Gasteiger partial charge in [-0.05, 0) is 43.9 Å². The van der Waals surface area contributed by atoms with Gasteiger partial charge in [0.15, 0.2) is 5.16 Å². The van der Waals surface area contributed by atoms with Crippen LogP contribution >= 0.6 is 35.0 Å². The van der Waals surface area contributed by atoms with Gasteiger partial charge < -0.3 is 10.2 Å². The normalized spacial score (nSPS) is 16.9. The van der Waals surface area contributed by atoms with E-state index in [9.17, 15) is 4.79 Å². The molecule has 1 aliphatic carbocycles. The quantitative estimate of drug-likeness (QED) is 0.719. The van der Waals surface area contributed by atoms with Crippen molar-refractivity contribution in [3.63, 3.8) is 0 Å². The highest BCUT2D eigenvalue weighted by molar-refractivity contribution is 7.99. The van der Waals surface area contributed by atoms with Gasteiger partial charge in [0.2, 0.25) is 11.9 Å². The van der Waals surface area contributed by atoms with Gasteiger partial charge in [0.05, 0.1) is 16.5 Å². The van der Waals surface area contributed by atoms with E-state index in [1.807, 2.05) is 0 Å². The van der Waals surface area contributed by atoms with E-state index in [1.165, 1.54) is 24.6 Å². The lowest BCUT2D eigenvalue weighted by Crippen LogP contribution is -2.22. The number of nitrogens with one attached hydrogen (secondary N) is 1. The molecular weight excluding hydrogens is 393 g/mol. The molecule has 0 bridgehead atoms. The Hall–Kier alpha value is -1.44. The van der Waals surface area contributed by atoms with Crippen molar-refractivity contribution in [2.45, 2.75) is 36.9 Å². The molecule has 2 aliphatic rings. The Labute approximate surface area is 166 Å². The van der Waals surface area contributed by atoms with Crippen LogP contribution in [0.4, 0.5) is 11.6 Å². The van der Waals surface area contributed by atoms with Gasteiger partial charge in [0, 0.05) is 24.2 Å². The van der Waals surface area contributed by atoms with Crippen molar-refractivity contribution in [3.8, 4) is 0 Å². The molecule has 1 saturated carbocycles. The maximum Gasteiger partial charge on any atom is 0.234 e. The number of carbonyl (C=O) groups is 1. The van der Waals surface area contributed by atoms with Crippen LogP contribution < -0.4 is 10.2 Å². The summed E-state index contributed by atoms with van der Waals surface area (Å²) in [5.74, 6) is 1.05. The van der Waals surface area contributed by atoms with Gasteiger partial charge in [-0.2, -0.15) is 0 Å². The summed E-state index contributed by atoms with van der Waals surface area (Å²) in [4.78, 5) is 14.6. The van der Waals surface area contributed by atoms with E-state index in [4.69, 9.17) is 23.2 Å². The predicted octanol–water partition coefficient (Wildman–Crippen LogP) is 4.25. The van der Waals surface area contributed by atoms with Crippen LogP contribution in [0.15, 0.2) is 23.4 Å². The zero-order valence-electron chi connectivity index (χ0n) is 14.1. The minimum absolute atomic E-state index is 0.146. The molecule has 4 rings (SSSR count). The summed E-state index contributed by atoms with van der Waals surface area (Å²) in [7, 11) is 0. The molecule has 1 N–H and O–H groups in total. The lowest BCUT2D eigenvalue weighted by Gasteiger charge is -2.17. The van der Waals surface area contributed by atoms with E-state index in [1.54, 1.807) is 18.2 Å². The van der Waals surface area contributed by atoms with Crippen molar-refractivity contribution in [2.75, 3.05) is 29.1 Å². The predicted molar refractivity (Wildman–Crippen MR) is 106 cm³/mol. The number of halogens is 2. The second kappa shape index (κ2) is 7.66. The zero-order chi connectivity index (χ0) is 18.1. The number of benzene rings is 1. The minimum Gasteiger partial charge on any atom is -0.341 e. The molecular formula is C17H19Cl2N5OS. The van der Waals surface area contributed by atoms with Crippen LogP contribution in [0.5, 0.6) is 0 Å². The Kier molecular flexibility index (Phi) is 5.29. The van der Waals surface area contributed by atoms with Crippen molar-refractivity contribution in [3.05, 3.63) is 28.2 Å². The van der Waals surface area contributed by atoms with Crippen molar-refractivity contribution >= 4 is 52.5 Å². The summed E-state index contributed by atoms with van der Waals surface area (Å²) >= 11 is 13.5. The first-order valence-electron chi connectivity index (χ1n) is 8.69. The number of amides is 1. The van der Waals surface area contributed by atoms with Crippen LogP contribution in [0.1, 0.15) is 31.7 Å². The molecule has 0 unspecified atom stereocenters. The van der Waals surface area contributed by atoms with E-state index < -0.39 is 0 Å². The van der Waals surface area contributed by atoms with E-state index in [2.05, 4.69) is 25.0 Å². The molecule has 1 aliphatic heterocycles. The highest BCUT2D eigenvalue weighted by Gasteiger charge is 2.32. The maximum absolute atomic E-state index is 12.3. The fourth-order valence-electron chi connectivity index (χ4n) is 3.06. The van der Waals surface area contributed by atoms with Crippen LogP contribution in [0, 0.1) is 0 Å². The highest BCUT2D eigenvalue weighted by Crippen LogP contribution is 2.41. The van der Waals surface area contributed by atoms with Crippen LogP contribution in [-0.2, 0) is 4.79 Å². The number of thioether (sulfide) groups is 1. The number of nitrogens with zero attached hydrogens (tertiary/aromatic N) is 4. The summed E-state index contributed by atoms with van der Waals surface area (Å²) in [6.45, 7) is 2.06. The van der Waals surface area contributed by atoms with E-state index >= 15 is 0 Å². The third kappa shape index (κ3) is 3.94. The molecule has 26 heavy (non-hydrogen) atoms. The zero-order valence-corrected chi connectivity index (χ0v) is 16.4. The molecule has 0 radical (unpaired) electrons. The Morgan fingerprint density at radius 1 is 1.23 bits per heavy atom. The summed E-state index contributed by atoms with van der Waals surface area (Å²) in [6, 6.07) is 5.46. The van der Waals surface area contributed by atoms with Gasteiger partial charge in [-0.3, -0.25) is 9.36 Å². The number of carbonyl (C=O) groups excluding carboxylic acids is 1. The molecule has 0 atom stereocenters. The SMILES string of the molecule is O=C(CSc1nnc(N2CCCC2)n1C1CC1)Nc1cc(Cl)ccc1Cl. The van der Waals surface area contributed by atoms with Gasteiger partial charge in [-0.1, -0.05) is 35.0 Å². The Balaban J connectivity index is 1.43. The Morgan fingerprint density at radius 2 is 2.00 bits per heavy atom. The van der Waals surface area contributed by atoms with Gasteiger partial charge in [-0.15, -0.1) is 10.2 Å². The number of hydrogen-bond donors (Lipinski definition) is 1. The molecule has 2 heterocycles. The molecule has 1 saturated heterocycles. The summed E-state index contributed by atoms with van der Waals surface area (Å²) < 4.78 is 2.20. The van der Waals surface area contributed by atoms with Crippen molar-refractivity contribution in [2.24, 2.45) is 0 Å². The molecule has 138 valence electrons. The average Bonchev–Trinajstić information content (AvgIpc) is 3.15. The first kappa shape index (κ1) is 17.9. The van der Waals surface area contributed by atoms with Crippen LogP contribution in [0.2, 0.25) is 10.0 Å². The first-order chi connectivity index (χ1) is 12.6. The second-order valence-electron chi connectivity index (χ2n) is 6.54. The number of hydrogen-bond acceptors (Lipinski definition) is 5. The van der Waals surface area contributed by atoms with Crippen molar-refractivity contribution in [1.82, 2.24) is 14.8 Å². The fraction of sp³-hybridized carbons (Fsp3) is 0.471. The molecule has 9 heteroatoms. The Bertz CT molecular complexity index is 817. The third-order valence-corrected chi connectivity index (χ3v) is 5.99. The summed E-state index contributed by atoms with van der Waals surface area (Å²) in [5, 5.41) is 13.3. The van der Waals surface area contributed by atoms with Crippen LogP contribution in [-0.4, -0.2) is 39.5 Å². The number of aromatic nitrogens is 3. The molecule has 1 aromatic carbocycles. The van der Waals surface area contributed by atoms with E-state index in [0.717, 1.165) is 37.0 Å².